The summed E-state index contributed by atoms with van der Waals surface area (Å²) in [6.45, 7) is 0. The van der Waals surface area contributed by atoms with Crippen LogP contribution in [-0.2, 0) is 0 Å². The Hall–Kier alpha value is -2.66. The first-order valence-electron chi connectivity index (χ1n) is 6.22. The van der Waals surface area contributed by atoms with E-state index in [-0.39, 0.29) is 5.28 Å². The summed E-state index contributed by atoms with van der Waals surface area (Å²) in [5, 5.41) is 4.20. The lowest BCUT2D eigenvalue weighted by atomic mass is 10.2. The van der Waals surface area contributed by atoms with E-state index in [1.807, 2.05) is 24.3 Å². The Balaban J connectivity index is 1.99. The molecule has 0 radical (unpaired) electrons. The minimum absolute atomic E-state index is 0.171. The average Bonchev–Trinajstić information content (AvgIpc) is 2.47. The van der Waals surface area contributed by atoms with Crippen molar-refractivity contribution in [1.29, 1.82) is 0 Å². The van der Waals surface area contributed by atoms with Crippen molar-refractivity contribution in [3.63, 3.8) is 0 Å². The molecule has 1 aromatic heterocycles. The van der Waals surface area contributed by atoms with Gasteiger partial charge in [0.05, 0.1) is 5.52 Å². The van der Waals surface area contributed by atoms with E-state index in [1.54, 1.807) is 24.3 Å². The molecule has 0 saturated heterocycles. The van der Waals surface area contributed by atoms with Crippen LogP contribution in [0.2, 0.25) is 5.28 Å². The molecule has 1 amide bonds. The van der Waals surface area contributed by atoms with Crippen LogP contribution in [0.5, 0.6) is 0 Å². The molecule has 3 aromatic rings. The molecule has 0 saturated carbocycles. The number of halogens is 1. The molecule has 5 nitrogen and oxygen atoms in total. The molecule has 6 heteroatoms. The number of hydrogen-bond acceptors (Lipinski definition) is 4. The quantitative estimate of drug-likeness (QED) is 0.728. The number of nitrogens with zero attached hydrogens (tertiary/aromatic N) is 2. The van der Waals surface area contributed by atoms with E-state index in [2.05, 4.69) is 15.3 Å². The lowest BCUT2D eigenvalue weighted by molar-refractivity contribution is 0.100. The molecule has 0 aliphatic carbocycles. The van der Waals surface area contributed by atoms with Crippen LogP contribution in [0.1, 0.15) is 10.4 Å². The molecule has 0 aliphatic heterocycles. The van der Waals surface area contributed by atoms with Crippen molar-refractivity contribution in [2.45, 2.75) is 0 Å². The van der Waals surface area contributed by atoms with Gasteiger partial charge >= 0.3 is 0 Å². The second-order valence-corrected chi connectivity index (χ2v) is 4.76. The van der Waals surface area contributed by atoms with E-state index in [0.717, 1.165) is 16.6 Å². The van der Waals surface area contributed by atoms with Gasteiger partial charge in [0.25, 0.3) is 0 Å². The maximum Gasteiger partial charge on any atom is 0.248 e. The molecule has 0 fully saturated rings. The maximum atomic E-state index is 11.1. The van der Waals surface area contributed by atoms with E-state index in [1.165, 1.54) is 0 Å². The third-order valence-corrected chi connectivity index (χ3v) is 3.18. The highest BCUT2D eigenvalue weighted by atomic mass is 35.5. The van der Waals surface area contributed by atoms with Crippen LogP contribution in [0.25, 0.3) is 10.9 Å². The molecule has 0 atom stereocenters. The van der Waals surface area contributed by atoms with E-state index in [0.29, 0.717) is 11.4 Å². The molecule has 104 valence electrons. The molecule has 2 aromatic carbocycles. The van der Waals surface area contributed by atoms with Crippen molar-refractivity contribution in [2.75, 3.05) is 5.32 Å². The van der Waals surface area contributed by atoms with Crippen LogP contribution in [0.15, 0.2) is 48.5 Å². The number of nitrogens with two attached hydrogens (primary N) is 1. The normalized spacial score (nSPS) is 10.5. The zero-order chi connectivity index (χ0) is 14.8. The highest BCUT2D eigenvalue weighted by molar-refractivity contribution is 6.28. The SMILES string of the molecule is NC(=O)c1ccc(Nc2nc(Cl)nc3ccccc23)cc1. The molecule has 3 N–H and O–H groups in total. The molecule has 0 spiro atoms. The van der Waals surface area contributed by atoms with Gasteiger partial charge in [0, 0.05) is 16.6 Å². The number of carbonyl (C=O) groups is 1. The highest BCUT2D eigenvalue weighted by Gasteiger charge is 2.07. The first kappa shape index (κ1) is 13.3. The molecular weight excluding hydrogens is 288 g/mol. The van der Waals surface area contributed by atoms with Gasteiger partial charge < -0.3 is 11.1 Å². The van der Waals surface area contributed by atoms with Crippen molar-refractivity contribution in [3.8, 4) is 0 Å². The largest absolute Gasteiger partial charge is 0.366 e. The van der Waals surface area contributed by atoms with E-state index in [9.17, 15) is 4.79 Å². The number of aromatic nitrogens is 2. The second kappa shape index (κ2) is 5.38. The van der Waals surface area contributed by atoms with Crippen LogP contribution < -0.4 is 11.1 Å². The van der Waals surface area contributed by atoms with Crippen molar-refractivity contribution in [3.05, 3.63) is 59.4 Å². The number of carbonyl (C=O) groups excluding carboxylic acids is 1. The van der Waals surface area contributed by atoms with Crippen LogP contribution >= 0.6 is 11.6 Å². The first-order chi connectivity index (χ1) is 10.1. The molecule has 0 unspecified atom stereocenters. The van der Waals surface area contributed by atoms with Gasteiger partial charge in [-0.05, 0) is 48.0 Å². The monoisotopic (exact) mass is 298 g/mol. The van der Waals surface area contributed by atoms with Crippen LogP contribution in [-0.4, -0.2) is 15.9 Å². The van der Waals surface area contributed by atoms with Gasteiger partial charge in [-0.15, -0.1) is 0 Å². The fourth-order valence-corrected chi connectivity index (χ4v) is 2.17. The number of nitrogens with one attached hydrogen (secondary N) is 1. The smallest absolute Gasteiger partial charge is 0.248 e. The van der Waals surface area contributed by atoms with Gasteiger partial charge in [0.1, 0.15) is 5.82 Å². The van der Waals surface area contributed by atoms with Crippen LogP contribution in [0, 0.1) is 0 Å². The topological polar surface area (TPSA) is 80.9 Å². The molecule has 1 heterocycles. The Bertz CT molecular complexity index is 818. The van der Waals surface area contributed by atoms with Crippen LogP contribution in [0.4, 0.5) is 11.5 Å². The van der Waals surface area contributed by atoms with Crippen molar-refractivity contribution in [1.82, 2.24) is 9.97 Å². The van der Waals surface area contributed by atoms with Crippen molar-refractivity contribution in [2.24, 2.45) is 5.73 Å². The summed E-state index contributed by atoms with van der Waals surface area (Å²) in [5.74, 6) is 0.148. The number of primary amides is 1. The fraction of sp³-hybridized carbons (Fsp3) is 0. The Morgan fingerprint density at radius 1 is 1.05 bits per heavy atom. The summed E-state index contributed by atoms with van der Waals surface area (Å²) >= 11 is 5.93. The number of fused-ring (bicyclic) bond motifs is 1. The second-order valence-electron chi connectivity index (χ2n) is 4.42. The van der Waals surface area contributed by atoms with Gasteiger partial charge in [0.15, 0.2) is 0 Å². The third-order valence-electron chi connectivity index (χ3n) is 3.01. The molecule has 3 rings (SSSR count). The molecule has 0 aliphatic rings. The number of rotatable bonds is 3. The standard InChI is InChI=1S/C15H11ClN4O/c16-15-19-12-4-2-1-3-11(12)14(20-15)18-10-7-5-9(6-8-10)13(17)21/h1-8H,(H2,17,21)(H,18,19,20). The number of anilines is 2. The predicted octanol–water partition coefficient (Wildman–Crippen LogP) is 3.13. The number of benzene rings is 2. The zero-order valence-corrected chi connectivity index (χ0v) is 11.6. The Morgan fingerprint density at radius 3 is 2.48 bits per heavy atom. The van der Waals surface area contributed by atoms with Crippen molar-refractivity contribution < 1.29 is 4.79 Å². The van der Waals surface area contributed by atoms with Crippen LogP contribution in [0.3, 0.4) is 0 Å². The summed E-state index contributed by atoms with van der Waals surface area (Å²) < 4.78 is 0. The Kier molecular flexibility index (Phi) is 3.41. The maximum absolute atomic E-state index is 11.1. The highest BCUT2D eigenvalue weighted by Crippen LogP contribution is 2.25. The first-order valence-corrected chi connectivity index (χ1v) is 6.60. The third kappa shape index (κ3) is 2.78. The number of para-hydroxylation sites is 1. The van der Waals surface area contributed by atoms with Crippen molar-refractivity contribution >= 4 is 39.9 Å². The Morgan fingerprint density at radius 2 is 1.76 bits per heavy atom. The summed E-state index contributed by atoms with van der Waals surface area (Å²) in [6.07, 6.45) is 0. The van der Waals surface area contributed by atoms with Gasteiger partial charge in [-0.1, -0.05) is 12.1 Å². The van der Waals surface area contributed by atoms with Gasteiger partial charge in [0.2, 0.25) is 11.2 Å². The number of amides is 1. The van der Waals surface area contributed by atoms with E-state index in [4.69, 9.17) is 17.3 Å². The van der Waals surface area contributed by atoms with Gasteiger partial charge in [-0.2, -0.15) is 4.98 Å². The summed E-state index contributed by atoms with van der Waals surface area (Å²) in [7, 11) is 0. The van der Waals surface area contributed by atoms with Gasteiger partial charge in [-0.3, -0.25) is 4.79 Å². The summed E-state index contributed by atoms with van der Waals surface area (Å²) in [5.41, 5.74) is 7.20. The molecular formula is C15H11ClN4O. The lowest BCUT2D eigenvalue weighted by Gasteiger charge is -2.09. The Labute approximate surface area is 125 Å². The lowest BCUT2D eigenvalue weighted by Crippen LogP contribution is -2.10. The van der Waals surface area contributed by atoms with Gasteiger partial charge in [-0.25, -0.2) is 4.98 Å². The average molecular weight is 299 g/mol. The van der Waals surface area contributed by atoms with E-state index < -0.39 is 5.91 Å². The predicted molar refractivity (Wildman–Crippen MR) is 82.8 cm³/mol. The summed E-state index contributed by atoms with van der Waals surface area (Å²) in [4.78, 5) is 19.4. The molecule has 21 heavy (non-hydrogen) atoms. The minimum Gasteiger partial charge on any atom is -0.366 e. The summed E-state index contributed by atoms with van der Waals surface area (Å²) in [6, 6.07) is 14.4. The van der Waals surface area contributed by atoms with E-state index >= 15 is 0 Å². The minimum atomic E-state index is -0.461. The number of hydrogen-bond donors (Lipinski definition) is 2. The molecule has 0 bridgehead atoms. The zero-order valence-electron chi connectivity index (χ0n) is 10.9. The fourth-order valence-electron chi connectivity index (χ4n) is 2.00.